The van der Waals surface area contributed by atoms with E-state index in [1.165, 1.54) is 6.07 Å². The number of halogens is 4. The molecule has 2 rings (SSSR count). The van der Waals surface area contributed by atoms with Gasteiger partial charge in [-0.3, -0.25) is 4.79 Å². The Labute approximate surface area is 117 Å². The minimum absolute atomic E-state index is 0.0339. The molecular formula is C12H6Cl2F2N2O. The van der Waals surface area contributed by atoms with Gasteiger partial charge in [-0.1, -0.05) is 23.2 Å². The molecule has 0 bridgehead atoms. The molecule has 1 heterocycles. The van der Waals surface area contributed by atoms with Crippen LogP contribution in [-0.4, -0.2) is 10.9 Å². The first-order valence-corrected chi connectivity index (χ1v) is 5.80. The van der Waals surface area contributed by atoms with Crippen LogP contribution in [0.25, 0.3) is 0 Å². The highest BCUT2D eigenvalue weighted by molar-refractivity contribution is 6.40. The average Bonchev–Trinajstić information content (AvgIpc) is 2.34. The molecule has 7 heteroatoms. The zero-order valence-corrected chi connectivity index (χ0v) is 10.8. The smallest absolute Gasteiger partial charge is 0.257 e. The monoisotopic (exact) mass is 302 g/mol. The van der Waals surface area contributed by atoms with Crippen molar-refractivity contribution in [2.75, 3.05) is 5.32 Å². The van der Waals surface area contributed by atoms with Crippen molar-refractivity contribution in [3.8, 4) is 0 Å². The third-order valence-electron chi connectivity index (χ3n) is 2.23. The van der Waals surface area contributed by atoms with Crippen LogP contribution in [0.3, 0.4) is 0 Å². The first-order chi connectivity index (χ1) is 8.97. The summed E-state index contributed by atoms with van der Waals surface area (Å²) in [4.78, 5) is 15.2. The molecule has 1 aromatic heterocycles. The van der Waals surface area contributed by atoms with Gasteiger partial charge in [-0.15, -0.1) is 0 Å². The number of hydrogen-bond donors (Lipinski definition) is 1. The maximum absolute atomic E-state index is 13.0. The number of benzene rings is 1. The van der Waals surface area contributed by atoms with Gasteiger partial charge in [-0.25, -0.2) is 9.37 Å². The van der Waals surface area contributed by atoms with Crippen molar-refractivity contribution in [3.05, 3.63) is 57.8 Å². The van der Waals surface area contributed by atoms with E-state index in [9.17, 15) is 13.6 Å². The Morgan fingerprint density at radius 2 is 1.79 bits per heavy atom. The molecule has 0 atom stereocenters. The van der Waals surface area contributed by atoms with E-state index in [-0.39, 0.29) is 21.3 Å². The SMILES string of the molecule is O=C(Nc1c(Cl)cc(F)cc1Cl)c1ccc(F)nc1. The second-order valence-corrected chi connectivity index (χ2v) is 4.38. The topological polar surface area (TPSA) is 42.0 Å². The van der Waals surface area contributed by atoms with Crippen molar-refractivity contribution < 1.29 is 13.6 Å². The maximum Gasteiger partial charge on any atom is 0.257 e. The molecule has 0 aliphatic heterocycles. The number of nitrogens with zero attached hydrogens (tertiary/aromatic N) is 1. The van der Waals surface area contributed by atoms with Crippen molar-refractivity contribution in [3.63, 3.8) is 0 Å². The molecular weight excluding hydrogens is 297 g/mol. The fourth-order valence-corrected chi connectivity index (χ4v) is 1.91. The highest BCUT2D eigenvalue weighted by Crippen LogP contribution is 2.31. The van der Waals surface area contributed by atoms with E-state index < -0.39 is 17.7 Å². The van der Waals surface area contributed by atoms with Crippen LogP contribution < -0.4 is 5.32 Å². The fourth-order valence-electron chi connectivity index (χ4n) is 1.36. The van der Waals surface area contributed by atoms with Crippen molar-refractivity contribution in [1.29, 1.82) is 0 Å². The molecule has 1 amide bonds. The van der Waals surface area contributed by atoms with Crippen molar-refractivity contribution in [2.24, 2.45) is 0 Å². The van der Waals surface area contributed by atoms with Crippen LogP contribution in [0.5, 0.6) is 0 Å². The van der Waals surface area contributed by atoms with Gasteiger partial charge in [0.1, 0.15) is 5.82 Å². The predicted octanol–water partition coefficient (Wildman–Crippen LogP) is 3.92. The number of anilines is 1. The van der Waals surface area contributed by atoms with Gasteiger partial charge in [0.25, 0.3) is 5.91 Å². The highest BCUT2D eigenvalue weighted by Gasteiger charge is 2.13. The lowest BCUT2D eigenvalue weighted by atomic mass is 10.2. The van der Waals surface area contributed by atoms with Gasteiger partial charge >= 0.3 is 0 Å². The number of rotatable bonds is 2. The summed E-state index contributed by atoms with van der Waals surface area (Å²) in [6, 6.07) is 4.34. The zero-order chi connectivity index (χ0) is 14.0. The summed E-state index contributed by atoms with van der Waals surface area (Å²) in [5.74, 6) is -1.89. The van der Waals surface area contributed by atoms with Crippen molar-refractivity contribution in [2.45, 2.75) is 0 Å². The largest absolute Gasteiger partial charge is 0.319 e. The quantitative estimate of drug-likeness (QED) is 0.854. The molecule has 0 aliphatic carbocycles. The van der Waals surface area contributed by atoms with Crippen molar-refractivity contribution in [1.82, 2.24) is 4.98 Å². The fraction of sp³-hybridized carbons (Fsp3) is 0. The van der Waals surface area contributed by atoms with Crippen LogP contribution in [-0.2, 0) is 0 Å². The number of nitrogens with one attached hydrogen (secondary N) is 1. The number of aromatic nitrogens is 1. The summed E-state index contributed by atoms with van der Waals surface area (Å²) < 4.78 is 25.6. The normalized spacial score (nSPS) is 10.3. The molecule has 3 nitrogen and oxygen atoms in total. The molecule has 0 radical (unpaired) electrons. The number of pyridine rings is 1. The molecule has 0 aliphatic rings. The predicted molar refractivity (Wildman–Crippen MR) is 68.6 cm³/mol. The number of carbonyl (C=O) groups excluding carboxylic acids is 1. The Kier molecular flexibility index (Phi) is 3.97. The molecule has 0 spiro atoms. The first kappa shape index (κ1) is 13.7. The van der Waals surface area contributed by atoms with Crippen LogP contribution >= 0.6 is 23.2 Å². The van der Waals surface area contributed by atoms with Gasteiger partial charge in [0.05, 0.1) is 21.3 Å². The summed E-state index contributed by atoms with van der Waals surface area (Å²) in [6.45, 7) is 0. The van der Waals surface area contributed by atoms with Gasteiger partial charge in [0, 0.05) is 6.20 Å². The molecule has 1 aromatic carbocycles. The zero-order valence-electron chi connectivity index (χ0n) is 9.25. The van der Waals surface area contributed by atoms with Gasteiger partial charge in [-0.2, -0.15) is 4.39 Å². The second-order valence-electron chi connectivity index (χ2n) is 3.57. The minimum Gasteiger partial charge on any atom is -0.319 e. The molecule has 0 saturated carbocycles. The second kappa shape index (κ2) is 5.50. The van der Waals surface area contributed by atoms with Gasteiger partial charge < -0.3 is 5.32 Å². The van der Waals surface area contributed by atoms with Crippen LogP contribution in [0.1, 0.15) is 10.4 Å². The van der Waals surface area contributed by atoms with E-state index in [1.54, 1.807) is 0 Å². The lowest BCUT2D eigenvalue weighted by molar-refractivity contribution is 0.102. The maximum atomic E-state index is 13.0. The summed E-state index contributed by atoms with van der Waals surface area (Å²) in [5, 5.41) is 2.34. The highest BCUT2D eigenvalue weighted by atomic mass is 35.5. The number of carbonyl (C=O) groups is 1. The Morgan fingerprint density at radius 3 is 2.32 bits per heavy atom. The standard InChI is InChI=1S/C12H6Cl2F2N2O/c13-8-3-7(15)4-9(14)11(8)18-12(19)6-1-2-10(16)17-5-6/h1-5H,(H,18,19). The number of hydrogen-bond acceptors (Lipinski definition) is 2. The Morgan fingerprint density at radius 1 is 1.16 bits per heavy atom. The Balaban J connectivity index is 2.26. The lowest BCUT2D eigenvalue weighted by Gasteiger charge is -2.09. The average molecular weight is 303 g/mol. The molecule has 19 heavy (non-hydrogen) atoms. The van der Waals surface area contributed by atoms with E-state index in [0.717, 1.165) is 24.4 Å². The summed E-state index contributed by atoms with van der Waals surface area (Å²) in [7, 11) is 0. The third-order valence-corrected chi connectivity index (χ3v) is 2.83. The van der Waals surface area contributed by atoms with Crippen LogP contribution in [0.2, 0.25) is 10.0 Å². The van der Waals surface area contributed by atoms with E-state index in [2.05, 4.69) is 10.3 Å². The van der Waals surface area contributed by atoms with E-state index in [4.69, 9.17) is 23.2 Å². The molecule has 0 unspecified atom stereocenters. The lowest BCUT2D eigenvalue weighted by Crippen LogP contribution is -2.13. The Bertz CT molecular complexity index is 609. The van der Waals surface area contributed by atoms with Crippen LogP contribution in [0.4, 0.5) is 14.5 Å². The van der Waals surface area contributed by atoms with Crippen LogP contribution in [0, 0.1) is 11.8 Å². The molecule has 1 N–H and O–H groups in total. The van der Waals surface area contributed by atoms with Gasteiger partial charge in [0.15, 0.2) is 0 Å². The summed E-state index contributed by atoms with van der Waals surface area (Å²) >= 11 is 11.6. The van der Waals surface area contributed by atoms with Crippen LogP contribution in [0.15, 0.2) is 30.5 Å². The third kappa shape index (κ3) is 3.19. The molecule has 0 fully saturated rings. The number of amides is 1. The van der Waals surface area contributed by atoms with E-state index >= 15 is 0 Å². The minimum atomic E-state index is -0.700. The molecule has 0 saturated heterocycles. The molecule has 2 aromatic rings. The summed E-state index contributed by atoms with van der Waals surface area (Å²) in [6.07, 6.45) is 1.07. The Hall–Kier alpha value is -1.72. The van der Waals surface area contributed by atoms with Gasteiger partial charge in [-0.05, 0) is 24.3 Å². The van der Waals surface area contributed by atoms with Crippen molar-refractivity contribution >= 4 is 34.8 Å². The van der Waals surface area contributed by atoms with Gasteiger partial charge in [0.2, 0.25) is 5.95 Å². The molecule has 98 valence electrons. The summed E-state index contributed by atoms with van der Waals surface area (Å²) in [5.41, 5.74) is 0.205. The first-order valence-electron chi connectivity index (χ1n) is 5.05. The van der Waals surface area contributed by atoms with E-state index in [1.807, 2.05) is 0 Å². The van der Waals surface area contributed by atoms with E-state index in [0.29, 0.717) is 0 Å².